The second-order valence-electron chi connectivity index (χ2n) is 5.12. The van der Waals surface area contributed by atoms with Crippen molar-refractivity contribution in [2.75, 3.05) is 6.54 Å². The molecule has 0 aromatic carbocycles. The van der Waals surface area contributed by atoms with Crippen LogP contribution in [0.5, 0.6) is 0 Å². The molecule has 1 N–H and O–H groups in total. The molecule has 4 nitrogen and oxygen atoms in total. The van der Waals surface area contributed by atoms with Crippen LogP contribution in [0.2, 0.25) is 0 Å². The van der Waals surface area contributed by atoms with Crippen molar-refractivity contribution in [1.82, 2.24) is 4.90 Å². The number of hydrogen-bond donors (Lipinski definition) is 1. The van der Waals surface area contributed by atoms with Gasteiger partial charge >= 0.3 is 5.97 Å². The number of carbonyl (C=O) groups excluding carboxylic acids is 1. The molecule has 1 heterocycles. The van der Waals surface area contributed by atoms with Gasteiger partial charge in [0.15, 0.2) is 0 Å². The monoisotopic (exact) mass is 269 g/mol. The highest BCUT2D eigenvalue weighted by atomic mass is 32.1. The van der Waals surface area contributed by atoms with Crippen LogP contribution in [0.15, 0.2) is 17.5 Å². The smallest absolute Gasteiger partial charge is 0.323 e. The zero-order valence-corrected chi connectivity index (χ0v) is 11.8. The van der Waals surface area contributed by atoms with E-state index in [1.807, 2.05) is 38.3 Å². The van der Waals surface area contributed by atoms with Gasteiger partial charge in [0.25, 0.3) is 0 Å². The van der Waals surface area contributed by atoms with Crippen molar-refractivity contribution in [3.05, 3.63) is 22.4 Å². The zero-order valence-electron chi connectivity index (χ0n) is 11.0. The molecule has 1 aromatic heterocycles. The lowest BCUT2D eigenvalue weighted by molar-refractivity contribution is -0.148. The van der Waals surface area contributed by atoms with E-state index < -0.39 is 11.5 Å². The first-order chi connectivity index (χ1) is 8.30. The minimum Gasteiger partial charge on any atom is -0.480 e. The van der Waals surface area contributed by atoms with E-state index in [2.05, 4.69) is 0 Å². The molecule has 100 valence electrons. The molecule has 0 aliphatic rings. The third-order valence-electron chi connectivity index (χ3n) is 2.57. The first-order valence-corrected chi connectivity index (χ1v) is 6.73. The van der Waals surface area contributed by atoms with E-state index in [4.69, 9.17) is 5.11 Å². The van der Waals surface area contributed by atoms with Crippen molar-refractivity contribution < 1.29 is 14.7 Å². The van der Waals surface area contributed by atoms with Crippen LogP contribution in [0, 0.1) is 0 Å². The van der Waals surface area contributed by atoms with Gasteiger partial charge in [-0.25, -0.2) is 0 Å². The Morgan fingerprint density at radius 1 is 1.39 bits per heavy atom. The van der Waals surface area contributed by atoms with Crippen molar-refractivity contribution in [2.24, 2.45) is 0 Å². The summed E-state index contributed by atoms with van der Waals surface area (Å²) in [5.41, 5.74) is -0.467. The molecule has 0 radical (unpaired) electrons. The average Bonchev–Trinajstić information content (AvgIpc) is 2.73. The predicted molar refractivity (Wildman–Crippen MR) is 71.7 cm³/mol. The summed E-state index contributed by atoms with van der Waals surface area (Å²) in [4.78, 5) is 25.5. The number of aryl methyl sites for hydroxylation is 1. The Hall–Kier alpha value is -1.36. The van der Waals surface area contributed by atoms with E-state index >= 15 is 0 Å². The molecule has 1 rings (SSSR count). The highest BCUT2D eigenvalue weighted by Gasteiger charge is 2.27. The summed E-state index contributed by atoms with van der Waals surface area (Å²) in [6.45, 7) is 5.30. The largest absolute Gasteiger partial charge is 0.480 e. The maximum atomic E-state index is 12.1. The van der Waals surface area contributed by atoms with Crippen molar-refractivity contribution in [2.45, 2.75) is 39.2 Å². The Bertz CT molecular complexity index is 406. The molecule has 0 saturated heterocycles. The number of carboxylic acids is 1. The summed E-state index contributed by atoms with van der Waals surface area (Å²) in [5.74, 6) is -1.09. The summed E-state index contributed by atoms with van der Waals surface area (Å²) in [5, 5.41) is 10.8. The number of hydrogen-bond acceptors (Lipinski definition) is 3. The second-order valence-corrected chi connectivity index (χ2v) is 6.16. The molecule has 5 heteroatoms. The Balaban J connectivity index is 2.62. The van der Waals surface area contributed by atoms with E-state index in [1.54, 1.807) is 11.3 Å². The maximum absolute atomic E-state index is 12.1. The van der Waals surface area contributed by atoms with Crippen LogP contribution in [0.1, 0.15) is 32.1 Å². The number of aliphatic carboxylic acids is 1. The summed E-state index contributed by atoms with van der Waals surface area (Å²) in [6, 6.07) is 3.93. The van der Waals surface area contributed by atoms with E-state index in [0.29, 0.717) is 12.8 Å². The Kier molecular flexibility index (Phi) is 4.90. The standard InChI is InChI=1S/C13H19NO3S/c1-13(2,3)14(9-12(16)17)11(15)7-6-10-5-4-8-18-10/h4-5,8H,6-7,9H2,1-3H3,(H,16,17). The molecule has 1 amide bonds. The van der Waals surface area contributed by atoms with Crippen molar-refractivity contribution >= 4 is 23.2 Å². The molecule has 0 aliphatic carbocycles. The van der Waals surface area contributed by atoms with Crippen molar-refractivity contribution in [1.29, 1.82) is 0 Å². The van der Waals surface area contributed by atoms with Crippen LogP contribution in [0.4, 0.5) is 0 Å². The Labute approximate surface area is 111 Å². The fourth-order valence-corrected chi connectivity index (χ4v) is 2.36. The van der Waals surface area contributed by atoms with Gasteiger partial charge in [-0.3, -0.25) is 9.59 Å². The number of amides is 1. The fourth-order valence-electron chi connectivity index (χ4n) is 1.65. The zero-order chi connectivity index (χ0) is 13.8. The third kappa shape index (κ3) is 4.49. The quantitative estimate of drug-likeness (QED) is 0.893. The lowest BCUT2D eigenvalue weighted by Gasteiger charge is -2.34. The van der Waals surface area contributed by atoms with Gasteiger partial charge in [-0.2, -0.15) is 0 Å². The van der Waals surface area contributed by atoms with E-state index in [0.717, 1.165) is 4.88 Å². The number of nitrogens with zero attached hydrogens (tertiary/aromatic N) is 1. The average molecular weight is 269 g/mol. The fraction of sp³-hybridized carbons (Fsp3) is 0.538. The highest BCUT2D eigenvalue weighted by molar-refractivity contribution is 7.09. The highest BCUT2D eigenvalue weighted by Crippen LogP contribution is 2.17. The minimum absolute atomic E-state index is 0.113. The molecule has 0 bridgehead atoms. The van der Waals surface area contributed by atoms with Crippen molar-refractivity contribution in [3.8, 4) is 0 Å². The van der Waals surface area contributed by atoms with E-state index in [1.165, 1.54) is 4.90 Å². The lowest BCUT2D eigenvalue weighted by Crippen LogP contribution is -2.48. The number of thiophene rings is 1. The molecule has 1 aromatic rings. The first-order valence-electron chi connectivity index (χ1n) is 5.85. The number of carboxylic acid groups (broad SMARTS) is 1. The summed E-state index contributed by atoms with van der Waals surface area (Å²) < 4.78 is 0. The molecule has 0 aliphatic heterocycles. The maximum Gasteiger partial charge on any atom is 0.323 e. The SMILES string of the molecule is CC(C)(C)N(CC(=O)O)C(=O)CCc1cccs1. The molecule has 0 spiro atoms. The molecule has 0 atom stereocenters. The summed E-state index contributed by atoms with van der Waals surface area (Å²) >= 11 is 1.61. The van der Waals surface area contributed by atoms with Crippen LogP contribution >= 0.6 is 11.3 Å². The van der Waals surface area contributed by atoms with E-state index in [9.17, 15) is 9.59 Å². The molecular weight excluding hydrogens is 250 g/mol. The van der Waals surface area contributed by atoms with Crippen molar-refractivity contribution in [3.63, 3.8) is 0 Å². The van der Waals surface area contributed by atoms with Crippen LogP contribution in [0.25, 0.3) is 0 Å². The lowest BCUT2D eigenvalue weighted by atomic mass is 10.0. The molecule has 18 heavy (non-hydrogen) atoms. The first kappa shape index (κ1) is 14.7. The van der Waals surface area contributed by atoms with Gasteiger partial charge in [0, 0.05) is 16.8 Å². The van der Waals surface area contributed by atoms with Gasteiger partial charge in [0.2, 0.25) is 5.91 Å². The van der Waals surface area contributed by atoms with Crippen LogP contribution < -0.4 is 0 Å². The van der Waals surface area contributed by atoms with Gasteiger partial charge in [-0.05, 0) is 38.6 Å². The minimum atomic E-state index is -0.977. The summed E-state index contributed by atoms with van der Waals surface area (Å²) in [6.07, 6.45) is 1.02. The summed E-state index contributed by atoms with van der Waals surface area (Å²) in [7, 11) is 0. The molecular formula is C13H19NO3S. The Morgan fingerprint density at radius 2 is 2.06 bits per heavy atom. The van der Waals surface area contributed by atoms with Gasteiger partial charge in [-0.15, -0.1) is 11.3 Å². The van der Waals surface area contributed by atoms with Crippen LogP contribution in [0.3, 0.4) is 0 Å². The van der Waals surface area contributed by atoms with Crippen LogP contribution in [-0.2, 0) is 16.0 Å². The third-order valence-corrected chi connectivity index (χ3v) is 3.51. The number of rotatable bonds is 5. The van der Waals surface area contributed by atoms with Gasteiger partial charge in [0.1, 0.15) is 6.54 Å². The number of carbonyl (C=O) groups is 2. The normalized spacial score (nSPS) is 11.3. The van der Waals surface area contributed by atoms with Gasteiger partial charge < -0.3 is 10.0 Å². The molecule has 0 saturated carbocycles. The van der Waals surface area contributed by atoms with Gasteiger partial charge in [-0.1, -0.05) is 6.07 Å². The predicted octanol–water partition coefficient (Wildman–Crippen LogP) is 2.39. The molecule has 0 unspecified atom stereocenters. The van der Waals surface area contributed by atoms with E-state index in [-0.39, 0.29) is 12.5 Å². The van der Waals surface area contributed by atoms with Gasteiger partial charge in [0.05, 0.1) is 0 Å². The van der Waals surface area contributed by atoms with Crippen LogP contribution in [-0.4, -0.2) is 34.0 Å². The Morgan fingerprint density at radius 3 is 2.50 bits per heavy atom. The molecule has 0 fully saturated rings. The second kappa shape index (κ2) is 6.00. The topological polar surface area (TPSA) is 57.6 Å².